The van der Waals surface area contributed by atoms with Crippen LogP contribution < -0.4 is 4.74 Å². The molecule has 0 fully saturated rings. The highest BCUT2D eigenvalue weighted by Crippen LogP contribution is 2.27. The number of fused-ring (bicyclic) bond motifs is 1. The average Bonchev–Trinajstić information content (AvgIpc) is 2.43. The summed E-state index contributed by atoms with van der Waals surface area (Å²) in [5.41, 5.74) is 0.941. The van der Waals surface area contributed by atoms with Crippen molar-refractivity contribution in [3.05, 3.63) is 35.8 Å². The van der Waals surface area contributed by atoms with Crippen molar-refractivity contribution in [3.8, 4) is 5.75 Å². The minimum atomic E-state index is -0.732. The van der Waals surface area contributed by atoms with Gasteiger partial charge in [0.05, 0.1) is 12.7 Å². The SMILES string of the molecule is Cc1cc(OC[C@H](O)COC(C)C)c2cccc(F)c2n1. The van der Waals surface area contributed by atoms with E-state index in [9.17, 15) is 9.50 Å². The fourth-order valence-corrected chi connectivity index (χ4v) is 1.96. The molecule has 1 atom stereocenters. The molecule has 114 valence electrons. The number of aromatic nitrogens is 1. The molecule has 0 unspecified atom stereocenters. The number of halogens is 1. The number of hydrogen-bond acceptors (Lipinski definition) is 4. The summed E-state index contributed by atoms with van der Waals surface area (Å²) < 4.78 is 24.7. The molecule has 0 aliphatic rings. The van der Waals surface area contributed by atoms with Gasteiger partial charge < -0.3 is 14.6 Å². The van der Waals surface area contributed by atoms with Crippen molar-refractivity contribution in [2.75, 3.05) is 13.2 Å². The van der Waals surface area contributed by atoms with Crippen molar-refractivity contribution < 1.29 is 19.0 Å². The van der Waals surface area contributed by atoms with Gasteiger partial charge in [-0.05, 0) is 32.9 Å². The molecule has 1 aromatic heterocycles. The number of aliphatic hydroxyl groups is 1. The lowest BCUT2D eigenvalue weighted by Gasteiger charge is -2.16. The van der Waals surface area contributed by atoms with Crippen LogP contribution in [0.3, 0.4) is 0 Å². The van der Waals surface area contributed by atoms with Gasteiger partial charge in [0.2, 0.25) is 0 Å². The summed E-state index contributed by atoms with van der Waals surface area (Å²) in [6.07, 6.45) is -0.678. The molecular weight excluding hydrogens is 273 g/mol. The molecule has 1 heterocycles. The maximum Gasteiger partial charge on any atom is 0.149 e. The lowest BCUT2D eigenvalue weighted by Crippen LogP contribution is -2.25. The first-order valence-electron chi connectivity index (χ1n) is 6.95. The van der Waals surface area contributed by atoms with E-state index in [-0.39, 0.29) is 30.7 Å². The molecule has 1 N–H and O–H groups in total. The predicted octanol–water partition coefficient (Wildman–Crippen LogP) is 2.85. The summed E-state index contributed by atoms with van der Waals surface area (Å²) >= 11 is 0. The lowest BCUT2D eigenvalue weighted by molar-refractivity contribution is -0.0120. The molecule has 0 saturated heterocycles. The summed E-state index contributed by atoms with van der Waals surface area (Å²) in [4.78, 5) is 4.18. The molecule has 5 heteroatoms. The quantitative estimate of drug-likeness (QED) is 0.890. The van der Waals surface area contributed by atoms with Crippen LogP contribution in [0, 0.1) is 12.7 Å². The van der Waals surface area contributed by atoms with Gasteiger partial charge in [0.25, 0.3) is 0 Å². The minimum absolute atomic E-state index is 0.0535. The summed E-state index contributed by atoms with van der Waals surface area (Å²) in [7, 11) is 0. The van der Waals surface area contributed by atoms with Crippen LogP contribution in [0.5, 0.6) is 5.75 Å². The van der Waals surface area contributed by atoms with Crippen LogP contribution >= 0.6 is 0 Å². The van der Waals surface area contributed by atoms with Crippen molar-refractivity contribution in [2.45, 2.75) is 33.0 Å². The number of hydrogen-bond donors (Lipinski definition) is 1. The van der Waals surface area contributed by atoms with Crippen LogP contribution in [-0.4, -0.2) is 35.5 Å². The van der Waals surface area contributed by atoms with Crippen LogP contribution in [0.25, 0.3) is 10.9 Å². The highest BCUT2D eigenvalue weighted by Gasteiger charge is 2.12. The number of ether oxygens (including phenoxy) is 2. The Kier molecular flexibility index (Phi) is 5.09. The number of para-hydroxylation sites is 1. The number of benzene rings is 1. The van der Waals surface area contributed by atoms with Crippen LogP contribution in [-0.2, 0) is 4.74 Å². The normalized spacial score (nSPS) is 12.9. The first-order chi connectivity index (χ1) is 9.97. The maximum atomic E-state index is 13.8. The highest BCUT2D eigenvalue weighted by molar-refractivity contribution is 5.85. The lowest BCUT2D eigenvalue weighted by atomic mass is 10.2. The second-order valence-corrected chi connectivity index (χ2v) is 5.24. The molecule has 2 aromatic rings. The number of nitrogens with zero attached hydrogens (tertiary/aromatic N) is 1. The van der Waals surface area contributed by atoms with Gasteiger partial charge in [-0.25, -0.2) is 9.37 Å². The second kappa shape index (κ2) is 6.83. The zero-order chi connectivity index (χ0) is 15.4. The largest absolute Gasteiger partial charge is 0.490 e. The maximum absolute atomic E-state index is 13.8. The standard InChI is InChI=1S/C16H20FNO3/c1-10(2)20-8-12(19)9-21-15-7-11(3)18-16-13(15)5-4-6-14(16)17/h4-7,10,12,19H,8-9H2,1-3H3/t12-/m1/s1. The Balaban J connectivity index is 2.13. The fourth-order valence-electron chi connectivity index (χ4n) is 1.96. The molecule has 2 rings (SSSR count). The molecule has 0 radical (unpaired) electrons. The molecular formula is C16H20FNO3. The van der Waals surface area contributed by atoms with Crippen LogP contribution in [0.4, 0.5) is 4.39 Å². The minimum Gasteiger partial charge on any atom is -0.490 e. The molecule has 0 amide bonds. The third-order valence-corrected chi connectivity index (χ3v) is 2.93. The molecule has 0 bridgehead atoms. The van der Waals surface area contributed by atoms with Gasteiger partial charge in [-0.2, -0.15) is 0 Å². The van der Waals surface area contributed by atoms with Crippen LogP contribution in [0.2, 0.25) is 0 Å². The Morgan fingerprint density at radius 1 is 1.29 bits per heavy atom. The summed E-state index contributed by atoms with van der Waals surface area (Å²) in [5.74, 6) is 0.130. The van der Waals surface area contributed by atoms with Gasteiger partial charge in [0, 0.05) is 17.1 Å². The van der Waals surface area contributed by atoms with Gasteiger partial charge in [-0.3, -0.25) is 0 Å². The van der Waals surface area contributed by atoms with Crippen LogP contribution in [0.15, 0.2) is 24.3 Å². The van der Waals surface area contributed by atoms with E-state index < -0.39 is 6.10 Å². The van der Waals surface area contributed by atoms with Crippen molar-refractivity contribution in [2.24, 2.45) is 0 Å². The van der Waals surface area contributed by atoms with E-state index in [4.69, 9.17) is 9.47 Å². The summed E-state index contributed by atoms with van der Waals surface area (Å²) in [6.45, 7) is 5.86. The monoisotopic (exact) mass is 293 g/mol. The van der Waals surface area contributed by atoms with E-state index in [2.05, 4.69) is 4.98 Å². The van der Waals surface area contributed by atoms with E-state index in [0.29, 0.717) is 16.8 Å². The zero-order valence-electron chi connectivity index (χ0n) is 12.5. The van der Waals surface area contributed by atoms with E-state index in [0.717, 1.165) is 0 Å². The Morgan fingerprint density at radius 2 is 2.05 bits per heavy atom. The molecule has 4 nitrogen and oxygen atoms in total. The highest BCUT2D eigenvalue weighted by atomic mass is 19.1. The third-order valence-electron chi connectivity index (χ3n) is 2.93. The average molecular weight is 293 g/mol. The Labute approximate surface area is 123 Å². The van der Waals surface area contributed by atoms with E-state index in [1.165, 1.54) is 6.07 Å². The Morgan fingerprint density at radius 3 is 2.76 bits per heavy atom. The Bertz CT molecular complexity index is 616. The number of aryl methyl sites for hydroxylation is 1. The molecule has 0 saturated carbocycles. The van der Waals surface area contributed by atoms with E-state index >= 15 is 0 Å². The van der Waals surface area contributed by atoms with Crippen molar-refractivity contribution in [3.63, 3.8) is 0 Å². The molecule has 21 heavy (non-hydrogen) atoms. The summed E-state index contributed by atoms with van der Waals surface area (Å²) in [6, 6.07) is 6.46. The van der Waals surface area contributed by atoms with Gasteiger partial charge in [0.15, 0.2) is 0 Å². The topological polar surface area (TPSA) is 51.6 Å². The first kappa shape index (κ1) is 15.7. The van der Waals surface area contributed by atoms with E-state index in [1.807, 2.05) is 13.8 Å². The number of aliphatic hydroxyl groups excluding tert-OH is 1. The van der Waals surface area contributed by atoms with Crippen LogP contribution in [0.1, 0.15) is 19.5 Å². The molecule has 1 aromatic carbocycles. The number of rotatable bonds is 6. The van der Waals surface area contributed by atoms with Gasteiger partial charge in [0.1, 0.15) is 29.8 Å². The van der Waals surface area contributed by atoms with Crippen molar-refractivity contribution in [1.29, 1.82) is 0 Å². The van der Waals surface area contributed by atoms with Crippen molar-refractivity contribution in [1.82, 2.24) is 4.98 Å². The predicted molar refractivity (Wildman–Crippen MR) is 79.0 cm³/mol. The summed E-state index contributed by atoms with van der Waals surface area (Å²) in [5, 5.41) is 10.4. The Hall–Kier alpha value is -1.72. The third kappa shape index (κ3) is 4.12. The zero-order valence-corrected chi connectivity index (χ0v) is 12.5. The molecule has 0 spiro atoms. The smallest absolute Gasteiger partial charge is 0.149 e. The first-order valence-corrected chi connectivity index (χ1v) is 6.95. The fraction of sp³-hybridized carbons (Fsp3) is 0.438. The van der Waals surface area contributed by atoms with Crippen molar-refractivity contribution >= 4 is 10.9 Å². The molecule has 0 aliphatic heterocycles. The van der Waals surface area contributed by atoms with Gasteiger partial charge in [-0.1, -0.05) is 6.07 Å². The second-order valence-electron chi connectivity index (χ2n) is 5.24. The van der Waals surface area contributed by atoms with Gasteiger partial charge >= 0.3 is 0 Å². The molecule has 0 aliphatic carbocycles. The van der Waals surface area contributed by atoms with Gasteiger partial charge in [-0.15, -0.1) is 0 Å². The number of pyridine rings is 1. The van der Waals surface area contributed by atoms with E-state index in [1.54, 1.807) is 25.1 Å².